The van der Waals surface area contributed by atoms with Gasteiger partial charge in [-0.1, -0.05) is 78.9 Å². The molecular formula is C24H22N4. The summed E-state index contributed by atoms with van der Waals surface area (Å²) in [6, 6.07) is 28.7. The van der Waals surface area contributed by atoms with Crippen molar-refractivity contribution in [3.05, 3.63) is 113 Å². The van der Waals surface area contributed by atoms with E-state index < -0.39 is 0 Å². The van der Waals surface area contributed by atoms with Gasteiger partial charge in [-0.2, -0.15) is 9.97 Å². The molecule has 0 atom stereocenters. The molecule has 0 aliphatic rings. The van der Waals surface area contributed by atoms with E-state index in [1.165, 1.54) is 11.1 Å². The van der Waals surface area contributed by atoms with Crippen LogP contribution in [0.4, 0.5) is 11.6 Å². The fraction of sp³-hybridized carbons (Fsp3) is 0.125. The molecule has 1 aromatic heterocycles. The van der Waals surface area contributed by atoms with Crippen molar-refractivity contribution in [3.63, 3.8) is 0 Å². The predicted molar refractivity (Wildman–Crippen MR) is 113 cm³/mol. The average molecular weight is 366 g/mol. The first-order valence-electron chi connectivity index (χ1n) is 9.40. The SMILES string of the molecule is Cc1ccccc1Nc1nc(Cc2ccccc2)nc(Cc2ccccc2)n1. The number of nitrogens with zero attached hydrogens (tertiary/aromatic N) is 3. The summed E-state index contributed by atoms with van der Waals surface area (Å²) in [6.07, 6.45) is 1.35. The van der Waals surface area contributed by atoms with Crippen LogP contribution in [-0.4, -0.2) is 15.0 Å². The van der Waals surface area contributed by atoms with Crippen molar-refractivity contribution in [2.24, 2.45) is 0 Å². The number of nitrogens with one attached hydrogen (secondary N) is 1. The molecule has 28 heavy (non-hydrogen) atoms. The number of aromatic nitrogens is 3. The topological polar surface area (TPSA) is 50.7 Å². The molecule has 4 aromatic rings. The highest BCUT2D eigenvalue weighted by Gasteiger charge is 2.09. The van der Waals surface area contributed by atoms with E-state index in [1.807, 2.05) is 54.6 Å². The van der Waals surface area contributed by atoms with E-state index in [0.29, 0.717) is 18.8 Å². The summed E-state index contributed by atoms with van der Waals surface area (Å²) < 4.78 is 0. The van der Waals surface area contributed by atoms with Crippen LogP contribution >= 0.6 is 0 Å². The Balaban J connectivity index is 1.66. The lowest BCUT2D eigenvalue weighted by Crippen LogP contribution is -2.09. The normalized spacial score (nSPS) is 10.6. The first-order valence-corrected chi connectivity index (χ1v) is 9.40. The molecule has 1 N–H and O–H groups in total. The van der Waals surface area contributed by atoms with Gasteiger partial charge in [0.15, 0.2) is 0 Å². The zero-order chi connectivity index (χ0) is 19.2. The van der Waals surface area contributed by atoms with Crippen LogP contribution in [0.2, 0.25) is 0 Å². The van der Waals surface area contributed by atoms with Crippen molar-refractivity contribution in [1.82, 2.24) is 15.0 Å². The molecule has 0 saturated heterocycles. The molecule has 3 aromatic carbocycles. The Morgan fingerprint density at radius 2 is 1.11 bits per heavy atom. The quantitative estimate of drug-likeness (QED) is 0.515. The molecule has 0 aliphatic heterocycles. The molecule has 4 rings (SSSR count). The predicted octanol–water partition coefficient (Wildman–Crippen LogP) is 5.11. The van der Waals surface area contributed by atoms with E-state index in [1.54, 1.807) is 0 Å². The van der Waals surface area contributed by atoms with Gasteiger partial charge in [0.05, 0.1) is 0 Å². The number of hydrogen-bond donors (Lipinski definition) is 1. The fourth-order valence-electron chi connectivity index (χ4n) is 3.07. The number of rotatable bonds is 6. The molecule has 0 spiro atoms. The van der Waals surface area contributed by atoms with Crippen LogP contribution in [0.15, 0.2) is 84.9 Å². The second kappa shape index (κ2) is 8.44. The van der Waals surface area contributed by atoms with Gasteiger partial charge in [0.25, 0.3) is 0 Å². The van der Waals surface area contributed by atoms with Crippen molar-refractivity contribution in [2.75, 3.05) is 5.32 Å². The van der Waals surface area contributed by atoms with Gasteiger partial charge in [-0.05, 0) is 29.7 Å². The Labute approximate surface area is 165 Å². The highest BCUT2D eigenvalue weighted by atomic mass is 15.2. The molecule has 0 radical (unpaired) electrons. The number of para-hydroxylation sites is 1. The van der Waals surface area contributed by atoms with Crippen LogP contribution in [0.1, 0.15) is 28.3 Å². The van der Waals surface area contributed by atoms with Crippen LogP contribution in [0.25, 0.3) is 0 Å². The molecule has 4 nitrogen and oxygen atoms in total. The van der Waals surface area contributed by atoms with Crippen molar-refractivity contribution in [2.45, 2.75) is 19.8 Å². The Bertz CT molecular complexity index is 987. The number of aryl methyl sites for hydroxylation is 1. The third kappa shape index (κ3) is 4.60. The number of hydrogen-bond acceptors (Lipinski definition) is 4. The van der Waals surface area contributed by atoms with Gasteiger partial charge < -0.3 is 5.32 Å². The van der Waals surface area contributed by atoms with Crippen molar-refractivity contribution >= 4 is 11.6 Å². The maximum Gasteiger partial charge on any atom is 0.230 e. The zero-order valence-electron chi connectivity index (χ0n) is 15.8. The third-order valence-corrected chi connectivity index (χ3v) is 4.53. The summed E-state index contributed by atoms with van der Waals surface area (Å²) in [4.78, 5) is 14.1. The second-order valence-corrected chi connectivity index (χ2v) is 6.76. The molecule has 1 heterocycles. The highest BCUT2D eigenvalue weighted by molar-refractivity contribution is 5.57. The van der Waals surface area contributed by atoms with Gasteiger partial charge in [0, 0.05) is 18.5 Å². The smallest absolute Gasteiger partial charge is 0.230 e. The van der Waals surface area contributed by atoms with Crippen LogP contribution in [0, 0.1) is 6.92 Å². The van der Waals surface area contributed by atoms with E-state index in [4.69, 9.17) is 4.98 Å². The molecule has 0 bridgehead atoms. The van der Waals surface area contributed by atoms with Crippen molar-refractivity contribution in [3.8, 4) is 0 Å². The molecule has 0 aliphatic carbocycles. The zero-order valence-corrected chi connectivity index (χ0v) is 15.8. The molecule has 0 fully saturated rings. The second-order valence-electron chi connectivity index (χ2n) is 6.76. The summed E-state index contributed by atoms with van der Waals surface area (Å²) in [6.45, 7) is 2.07. The lowest BCUT2D eigenvalue weighted by molar-refractivity contribution is 0.856. The molecular weight excluding hydrogens is 344 g/mol. The molecule has 138 valence electrons. The number of anilines is 2. The van der Waals surface area contributed by atoms with Gasteiger partial charge in [-0.15, -0.1) is 0 Å². The third-order valence-electron chi connectivity index (χ3n) is 4.53. The van der Waals surface area contributed by atoms with E-state index in [9.17, 15) is 0 Å². The van der Waals surface area contributed by atoms with Gasteiger partial charge in [0.2, 0.25) is 5.95 Å². The lowest BCUT2D eigenvalue weighted by Gasteiger charge is -2.11. The summed E-state index contributed by atoms with van der Waals surface area (Å²) in [5.41, 5.74) is 4.52. The monoisotopic (exact) mass is 366 g/mol. The Kier molecular flexibility index (Phi) is 5.38. The van der Waals surface area contributed by atoms with Crippen LogP contribution in [0.3, 0.4) is 0 Å². The highest BCUT2D eigenvalue weighted by Crippen LogP contribution is 2.19. The average Bonchev–Trinajstić information content (AvgIpc) is 2.71. The van der Waals surface area contributed by atoms with Gasteiger partial charge in [0.1, 0.15) is 11.6 Å². The van der Waals surface area contributed by atoms with E-state index in [0.717, 1.165) is 22.9 Å². The van der Waals surface area contributed by atoms with E-state index in [-0.39, 0.29) is 0 Å². The van der Waals surface area contributed by atoms with E-state index >= 15 is 0 Å². The largest absolute Gasteiger partial charge is 0.324 e. The van der Waals surface area contributed by atoms with Gasteiger partial charge in [-0.3, -0.25) is 0 Å². The standard InChI is InChI=1S/C24H22N4/c1-18-10-8-9-15-21(18)25-24-27-22(16-19-11-4-2-5-12-19)26-23(28-24)17-20-13-6-3-7-14-20/h2-15H,16-17H2,1H3,(H,25,26,27,28). The lowest BCUT2D eigenvalue weighted by atomic mass is 10.1. The maximum absolute atomic E-state index is 4.73. The Morgan fingerprint density at radius 3 is 1.64 bits per heavy atom. The number of benzene rings is 3. The van der Waals surface area contributed by atoms with Crippen molar-refractivity contribution < 1.29 is 0 Å². The molecule has 0 saturated carbocycles. The summed E-state index contributed by atoms with van der Waals surface area (Å²) >= 11 is 0. The fourth-order valence-corrected chi connectivity index (χ4v) is 3.07. The molecule has 4 heteroatoms. The van der Waals surface area contributed by atoms with Crippen LogP contribution in [0.5, 0.6) is 0 Å². The Hall–Kier alpha value is -3.53. The minimum absolute atomic E-state index is 0.584. The summed E-state index contributed by atoms with van der Waals surface area (Å²) in [5, 5.41) is 3.36. The van der Waals surface area contributed by atoms with Gasteiger partial charge in [-0.25, -0.2) is 4.98 Å². The van der Waals surface area contributed by atoms with Crippen LogP contribution < -0.4 is 5.32 Å². The van der Waals surface area contributed by atoms with Gasteiger partial charge >= 0.3 is 0 Å². The first-order chi connectivity index (χ1) is 13.8. The maximum atomic E-state index is 4.73. The summed E-state index contributed by atoms with van der Waals surface area (Å²) in [5.74, 6) is 2.12. The van der Waals surface area contributed by atoms with Crippen molar-refractivity contribution in [1.29, 1.82) is 0 Å². The minimum Gasteiger partial charge on any atom is -0.324 e. The van der Waals surface area contributed by atoms with E-state index in [2.05, 4.69) is 52.5 Å². The van der Waals surface area contributed by atoms with Crippen LogP contribution in [-0.2, 0) is 12.8 Å². The molecule has 0 unspecified atom stereocenters. The molecule has 0 amide bonds. The minimum atomic E-state index is 0.584. The Morgan fingerprint density at radius 1 is 0.607 bits per heavy atom. The first kappa shape index (κ1) is 17.9. The summed E-state index contributed by atoms with van der Waals surface area (Å²) in [7, 11) is 0.